The smallest absolute Gasteiger partial charge is 0.462 e. The molecular weight excluding hydrogens is 723 g/mol. The second-order valence-electron chi connectivity index (χ2n) is 15.1. The van der Waals surface area contributed by atoms with Crippen LogP contribution in [0.3, 0.4) is 0 Å². The lowest BCUT2D eigenvalue weighted by atomic mass is 9.87. The van der Waals surface area contributed by atoms with Gasteiger partial charge in [-0.05, 0) is 31.6 Å². The lowest BCUT2D eigenvalue weighted by Gasteiger charge is -2.20. The van der Waals surface area contributed by atoms with E-state index in [-0.39, 0.29) is 37.9 Å². The van der Waals surface area contributed by atoms with Gasteiger partial charge < -0.3 is 39.9 Å². The van der Waals surface area contributed by atoms with E-state index in [9.17, 15) is 44.3 Å². The minimum absolute atomic E-state index is 0.0427. The molecule has 1 aliphatic carbocycles. The van der Waals surface area contributed by atoms with Crippen molar-refractivity contribution in [3.05, 3.63) is 12.2 Å². The van der Waals surface area contributed by atoms with Gasteiger partial charge in [0.05, 0.1) is 38.1 Å². The Hall–Kier alpha value is -1.74. The number of phosphoric acid groups is 1. The zero-order chi connectivity index (χ0) is 40.4. The zero-order valence-electron chi connectivity index (χ0n) is 32.9. The summed E-state index contributed by atoms with van der Waals surface area (Å²) in [5.41, 5.74) is 0. The number of rotatable bonds is 33. The van der Waals surface area contributed by atoms with Gasteiger partial charge in [-0.15, -0.1) is 0 Å². The minimum atomic E-state index is -4.70. The van der Waals surface area contributed by atoms with Gasteiger partial charge in [-0.1, -0.05) is 97.1 Å². The fourth-order valence-electron chi connectivity index (χ4n) is 6.35. The molecule has 0 aromatic carbocycles. The first kappa shape index (κ1) is 50.3. The van der Waals surface area contributed by atoms with Crippen LogP contribution in [0.25, 0.3) is 0 Å². The number of carbonyl (C=O) groups excluding carboxylic acids is 3. The third-order valence-electron chi connectivity index (χ3n) is 9.58. The van der Waals surface area contributed by atoms with Crippen LogP contribution in [0.4, 0.5) is 0 Å². The molecule has 14 nitrogen and oxygen atoms in total. The van der Waals surface area contributed by atoms with Crippen molar-refractivity contribution in [3.63, 3.8) is 0 Å². The van der Waals surface area contributed by atoms with Crippen molar-refractivity contribution in [2.45, 2.75) is 173 Å². The maximum atomic E-state index is 12.8. The molecule has 54 heavy (non-hydrogen) atoms. The fourth-order valence-corrected chi connectivity index (χ4v) is 7.14. The van der Waals surface area contributed by atoms with E-state index in [4.69, 9.17) is 19.1 Å². The third-order valence-corrected chi connectivity index (χ3v) is 10.5. The molecule has 0 bridgehead atoms. The van der Waals surface area contributed by atoms with E-state index in [1.807, 2.05) is 0 Å². The molecule has 15 heteroatoms. The topological polar surface area (TPSA) is 227 Å². The van der Waals surface area contributed by atoms with E-state index in [0.717, 1.165) is 44.9 Å². The lowest BCUT2D eigenvalue weighted by molar-refractivity contribution is -0.161. The molecule has 0 saturated heterocycles. The Balaban J connectivity index is 2.54. The van der Waals surface area contributed by atoms with Crippen molar-refractivity contribution in [3.8, 4) is 0 Å². The highest BCUT2D eigenvalue weighted by Crippen LogP contribution is 2.43. The van der Waals surface area contributed by atoms with E-state index in [1.54, 1.807) is 12.2 Å². The van der Waals surface area contributed by atoms with Crippen molar-refractivity contribution in [1.82, 2.24) is 0 Å². The number of aliphatic hydroxyl groups excluding tert-OH is 5. The minimum Gasteiger partial charge on any atom is -0.462 e. The van der Waals surface area contributed by atoms with Crippen LogP contribution in [-0.2, 0) is 37.5 Å². The highest BCUT2D eigenvalue weighted by atomic mass is 31.2. The van der Waals surface area contributed by atoms with Crippen LogP contribution in [0.1, 0.15) is 143 Å². The Kier molecular flexibility index (Phi) is 27.5. The molecule has 0 aliphatic heterocycles. The van der Waals surface area contributed by atoms with Crippen molar-refractivity contribution in [2.24, 2.45) is 17.8 Å². The predicted molar refractivity (Wildman–Crippen MR) is 203 cm³/mol. The summed E-state index contributed by atoms with van der Waals surface area (Å²) in [5, 5.41) is 49.5. The van der Waals surface area contributed by atoms with Crippen LogP contribution in [0, 0.1) is 17.8 Å². The number of hydrogen-bond acceptors (Lipinski definition) is 13. The summed E-state index contributed by atoms with van der Waals surface area (Å²) in [6, 6.07) is 0. The van der Waals surface area contributed by atoms with Gasteiger partial charge >= 0.3 is 19.8 Å². The van der Waals surface area contributed by atoms with Gasteiger partial charge in [-0.2, -0.15) is 0 Å². The van der Waals surface area contributed by atoms with E-state index >= 15 is 0 Å². The van der Waals surface area contributed by atoms with Gasteiger partial charge in [-0.3, -0.25) is 23.4 Å². The number of ether oxygens (including phenoxy) is 2. The first-order valence-electron chi connectivity index (χ1n) is 20.2. The highest BCUT2D eigenvalue weighted by molar-refractivity contribution is 7.47. The molecule has 0 heterocycles. The quantitative estimate of drug-likeness (QED) is 0.0210. The molecule has 0 amide bonds. The second kappa shape index (κ2) is 29.5. The summed E-state index contributed by atoms with van der Waals surface area (Å²) < 4.78 is 32.5. The SMILES string of the molecule is CCCCC[C@H](O)/C=C/[C@@H]1[C@@H](CC(=O)CCCCC(=O)OC[C@H](COP(=O)(O)OC[C@@H](O)CO)OC(=O)CCCCCCCCCC(C)C)[C@@H](O)C[C@H]1O. The number of hydrogen-bond donors (Lipinski definition) is 6. The number of carbonyl (C=O) groups is 3. The molecule has 1 unspecified atom stereocenters. The third kappa shape index (κ3) is 24.7. The predicted octanol–water partition coefficient (Wildman–Crippen LogP) is 5.47. The van der Waals surface area contributed by atoms with E-state index in [1.165, 1.54) is 19.3 Å². The standard InChI is InChI=1S/C39H71O14P/c1-4-5-11-17-30(41)21-22-34-35(37(45)24-36(34)44)23-31(42)18-14-15-19-38(46)50-27-33(28-52-54(48,49)51-26-32(43)25-40)53-39(47)20-13-10-8-6-7-9-12-16-29(2)3/h21-22,29-30,32-37,40-41,43-45H,4-20,23-28H2,1-3H3,(H,48,49)/b22-21+/t30-,32-,33+,34+,35+,36+,37-/m0/s1. The largest absolute Gasteiger partial charge is 0.472 e. The van der Waals surface area contributed by atoms with Gasteiger partial charge in [0.25, 0.3) is 0 Å². The summed E-state index contributed by atoms with van der Waals surface area (Å²) in [5.74, 6) is -1.54. The Morgan fingerprint density at radius 3 is 2.04 bits per heavy atom. The van der Waals surface area contributed by atoms with Crippen molar-refractivity contribution in [2.75, 3.05) is 26.4 Å². The number of aliphatic hydroxyl groups is 5. The summed E-state index contributed by atoms with van der Waals surface area (Å²) >= 11 is 0. The summed E-state index contributed by atoms with van der Waals surface area (Å²) in [6.07, 6.45) is 11.4. The molecule has 1 saturated carbocycles. The maximum Gasteiger partial charge on any atom is 0.472 e. The Labute approximate surface area is 322 Å². The van der Waals surface area contributed by atoms with Crippen molar-refractivity contribution >= 4 is 25.5 Å². The number of unbranched alkanes of at least 4 members (excludes halogenated alkanes) is 9. The number of Topliss-reactive ketones (excluding diaryl/α,β-unsaturated/α-hetero) is 1. The van der Waals surface area contributed by atoms with Crippen LogP contribution in [0.5, 0.6) is 0 Å². The van der Waals surface area contributed by atoms with Gasteiger partial charge in [0, 0.05) is 43.9 Å². The molecule has 0 aromatic rings. The second-order valence-corrected chi connectivity index (χ2v) is 16.6. The maximum absolute atomic E-state index is 12.8. The van der Waals surface area contributed by atoms with Crippen LogP contribution < -0.4 is 0 Å². The molecule has 0 aromatic heterocycles. The molecule has 1 aliphatic rings. The molecule has 316 valence electrons. The van der Waals surface area contributed by atoms with Crippen molar-refractivity contribution in [1.29, 1.82) is 0 Å². The normalized spacial score (nSPS) is 21.6. The summed E-state index contributed by atoms with van der Waals surface area (Å²) in [6.45, 7) is 4.05. The lowest BCUT2D eigenvalue weighted by Crippen LogP contribution is -2.29. The summed E-state index contributed by atoms with van der Waals surface area (Å²) in [7, 11) is -4.70. The Morgan fingerprint density at radius 2 is 1.37 bits per heavy atom. The molecule has 8 atom stereocenters. The first-order valence-corrected chi connectivity index (χ1v) is 21.7. The molecule has 1 rings (SSSR count). The van der Waals surface area contributed by atoms with Crippen molar-refractivity contribution < 1.29 is 67.9 Å². The Bertz CT molecular complexity index is 1100. The zero-order valence-corrected chi connectivity index (χ0v) is 33.8. The Morgan fingerprint density at radius 1 is 0.778 bits per heavy atom. The van der Waals surface area contributed by atoms with E-state index in [2.05, 4.69) is 25.3 Å². The highest BCUT2D eigenvalue weighted by Gasteiger charge is 2.41. The van der Waals surface area contributed by atoms with Gasteiger partial charge in [0.15, 0.2) is 6.10 Å². The van der Waals surface area contributed by atoms with Crippen LogP contribution in [0.15, 0.2) is 12.2 Å². The fraction of sp³-hybridized carbons (Fsp3) is 0.872. The van der Waals surface area contributed by atoms with Crippen LogP contribution >= 0.6 is 7.82 Å². The molecule has 1 fully saturated rings. The van der Waals surface area contributed by atoms with Gasteiger partial charge in [0.2, 0.25) is 0 Å². The van der Waals surface area contributed by atoms with Crippen LogP contribution in [-0.4, -0.2) is 105 Å². The molecule has 6 N–H and O–H groups in total. The summed E-state index contributed by atoms with van der Waals surface area (Å²) in [4.78, 5) is 47.8. The van der Waals surface area contributed by atoms with E-state index in [0.29, 0.717) is 31.6 Å². The average molecular weight is 795 g/mol. The number of esters is 2. The van der Waals surface area contributed by atoms with Crippen LogP contribution in [0.2, 0.25) is 0 Å². The number of phosphoric ester groups is 1. The van der Waals surface area contributed by atoms with Gasteiger partial charge in [0.1, 0.15) is 18.5 Å². The molecule has 0 radical (unpaired) electrons. The first-order chi connectivity index (χ1) is 25.7. The molecular formula is C39H71O14P. The van der Waals surface area contributed by atoms with Gasteiger partial charge in [-0.25, -0.2) is 4.57 Å². The number of ketones is 1. The monoisotopic (exact) mass is 794 g/mol. The molecule has 0 spiro atoms. The van der Waals surface area contributed by atoms with E-state index < -0.39 is 88.5 Å². The average Bonchev–Trinajstić information content (AvgIpc) is 3.38.